The largest absolute Gasteiger partial charge is 0.465 e. The first-order valence-corrected chi connectivity index (χ1v) is 5.61. The Morgan fingerprint density at radius 3 is 2.89 bits per heavy atom. The van der Waals surface area contributed by atoms with E-state index in [1.165, 1.54) is 12.1 Å². The standard InChI is InChI=1S/C12H14N2O4/c1-12(2)6-5-8-7(10(15)18-12)3-4-9(13-8)14-11(16)17/h3-4H,5-6H2,1-2H3,(H,13,14)(H,16,17). The Balaban J connectivity index is 2.34. The third-order valence-corrected chi connectivity index (χ3v) is 2.76. The maximum atomic E-state index is 11.9. The summed E-state index contributed by atoms with van der Waals surface area (Å²) in [5, 5.41) is 10.8. The highest BCUT2D eigenvalue weighted by atomic mass is 16.6. The molecule has 96 valence electrons. The van der Waals surface area contributed by atoms with Crippen LogP contribution in [0.1, 0.15) is 36.3 Å². The molecule has 0 bridgehead atoms. The smallest absolute Gasteiger partial charge is 0.410 e. The number of esters is 1. The van der Waals surface area contributed by atoms with Crippen molar-refractivity contribution in [3.05, 3.63) is 23.4 Å². The zero-order valence-corrected chi connectivity index (χ0v) is 10.2. The van der Waals surface area contributed by atoms with Crippen LogP contribution in [0.15, 0.2) is 12.1 Å². The molecule has 2 N–H and O–H groups in total. The van der Waals surface area contributed by atoms with E-state index in [4.69, 9.17) is 9.84 Å². The Kier molecular flexibility index (Phi) is 2.94. The average molecular weight is 250 g/mol. The maximum absolute atomic E-state index is 11.9. The van der Waals surface area contributed by atoms with E-state index in [1.54, 1.807) is 0 Å². The van der Waals surface area contributed by atoms with Gasteiger partial charge in [0.1, 0.15) is 11.4 Å². The van der Waals surface area contributed by atoms with Gasteiger partial charge in [-0.05, 0) is 38.8 Å². The van der Waals surface area contributed by atoms with Gasteiger partial charge >= 0.3 is 12.1 Å². The number of amides is 1. The second-order valence-electron chi connectivity index (χ2n) is 4.77. The van der Waals surface area contributed by atoms with Crippen LogP contribution in [0.2, 0.25) is 0 Å². The van der Waals surface area contributed by atoms with Crippen LogP contribution in [0.3, 0.4) is 0 Å². The van der Waals surface area contributed by atoms with Crippen molar-refractivity contribution in [1.29, 1.82) is 0 Å². The molecule has 0 aliphatic carbocycles. The molecule has 2 heterocycles. The van der Waals surface area contributed by atoms with Crippen molar-refractivity contribution in [3.8, 4) is 0 Å². The fraction of sp³-hybridized carbons (Fsp3) is 0.417. The fourth-order valence-corrected chi connectivity index (χ4v) is 1.83. The summed E-state index contributed by atoms with van der Waals surface area (Å²) < 4.78 is 5.33. The van der Waals surface area contributed by atoms with E-state index in [1.807, 2.05) is 13.8 Å². The summed E-state index contributed by atoms with van der Waals surface area (Å²) in [5.41, 5.74) is 0.436. The van der Waals surface area contributed by atoms with E-state index in [-0.39, 0.29) is 5.82 Å². The molecule has 6 nitrogen and oxygen atoms in total. The molecule has 0 spiro atoms. The number of fused-ring (bicyclic) bond motifs is 1. The quantitative estimate of drug-likeness (QED) is 0.745. The molecule has 0 saturated carbocycles. The molecule has 1 aliphatic rings. The minimum absolute atomic E-state index is 0.216. The number of carboxylic acid groups (broad SMARTS) is 1. The van der Waals surface area contributed by atoms with Crippen LogP contribution < -0.4 is 5.32 Å². The summed E-state index contributed by atoms with van der Waals surface area (Å²) >= 11 is 0. The van der Waals surface area contributed by atoms with Crippen molar-refractivity contribution < 1.29 is 19.4 Å². The number of aromatic nitrogens is 1. The topological polar surface area (TPSA) is 88.5 Å². The number of nitrogens with one attached hydrogen (secondary N) is 1. The highest BCUT2D eigenvalue weighted by Crippen LogP contribution is 2.26. The number of ether oxygens (including phenoxy) is 1. The number of nitrogens with zero attached hydrogens (tertiary/aromatic N) is 1. The zero-order valence-electron chi connectivity index (χ0n) is 10.2. The number of rotatable bonds is 1. The van der Waals surface area contributed by atoms with Gasteiger partial charge in [-0.2, -0.15) is 0 Å². The van der Waals surface area contributed by atoms with Gasteiger partial charge in [-0.15, -0.1) is 0 Å². The van der Waals surface area contributed by atoms with Gasteiger partial charge in [0.25, 0.3) is 0 Å². The fourth-order valence-electron chi connectivity index (χ4n) is 1.83. The van der Waals surface area contributed by atoms with E-state index < -0.39 is 17.7 Å². The van der Waals surface area contributed by atoms with Gasteiger partial charge < -0.3 is 9.84 Å². The minimum atomic E-state index is -1.18. The van der Waals surface area contributed by atoms with Gasteiger partial charge in [0.15, 0.2) is 0 Å². The van der Waals surface area contributed by atoms with Crippen LogP contribution >= 0.6 is 0 Å². The molecule has 1 aliphatic heterocycles. The second kappa shape index (κ2) is 4.29. The van der Waals surface area contributed by atoms with E-state index in [0.717, 1.165) is 0 Å². The summed E-state index contributed by atoms with van der Waals surface area (Å²) in [6.45, 7) is 3.68. The number of carbonyl (C=O) groups excluding carboxylic acids is 1. The van der Waals surface area contributed by atoms with E-state index >= 15 is 0 Å². The Hall–Kier alpha value is -2.11. The summed E-state index contributed by atoms with van der Waals surface area (Å²) in [4.78, 5) is 26.5. The second-order valence-corrected chi connectivity index (χ2v) is 4.77. The number of pyridine rings is 1. The molecule has 0 aromatic carbocycles. The highest BCUT2D eigenvalue weighted by molar-refractivity contribution is 5.92. The molecule has 1 aromatic rings. The molecular weight excluding hydrogens is 236 g/mol. The van der Waals surface area contributed by atoms with Gasteiger partial charge in [0.05, 0.1) is 11.3 Å². The van der Waals surface area contributed by atoms with Crippen LogP contribution in [0.5, 0.6) is 0 Å². The number of hydrogen-bond donors (Lipinski definition) is 2. The van der Waals surface area contributed by atoms with Crippen LogP contribution in [0.4, 0.5) is 10.6 Å². The molecule has 0 atom stereocenters. The molecule has 0 fully saturated rings. The van der Waals surface area contributed by atoms with E-state index in [2.05, 4.69) is 10.3 Å². The van der Waals surface area contributed by atoms with Crippen LogP contribution in [0, 0.1) is 0 Å². The first kappa shape index (κ1) is 12.3. The van der Waals surface area contributed by atoms with Crippen LogP contribution in [-0.4, -0.2) is 27.8 Å². The van der Waals surface area contributed by atoms with Gasteiger partial charge in [-0.3, -0.25) is 5.32 Å². The van der Waals surface area contributed by atoms with Crippen LogP contribution in [-0.2, 0) is 11.2 Å². The molecular formula is C12H14N2O4. The first-order chi connectivity index (χ1) is 8.37. The number of aryl methyl sites for hydroxylation is 1. The van der Waals surface area contributed by atoms with E-state index in [0.29, 0.717) is 24.1 Å². The lowest BCUT2D eigenvalue weighted by atomic mass is 10.0. The SMILES string of the molecule is CC1(C)CCc2nc(NC(=O)O)ccc2C(=O)O1. The van der Waals surface area contributed by atoms with Crippen molar-refractivity contribution in [2.24, 2.45) is 0 Å². The summed E-state index contributed by atoms with van der Waals surface area (Å²) in [6, 6.07) is 2.99. The summed E-state index contributed by atoms with van der Waals surface area (Å²) in [6.07, 6.45) is 0.0392. The van der Waals surface area contributed by atoms with Crippen molar-refractivity contribution >= 4 is 17.9 Å². The Labute approximate surface area is 104 Å². The maximum Gasteiger partial charge on any atom is 0.410 e. The predicted octanol–water partition coefficient (Wildman–Crippen LogP) is 2.05. The number of cyclic esters (lactones) is 1. The molecule has 0 unspecified atom stereocenters. The van der Waals surface area contributed by atoms with Gasteiger partial charge in [-0.1, -0.05) is 0 Å². The Morgan fingerprint density at radius 2 is 2.22 bits per heavy atom. The highest BCUT2D eigenvalue weighted by Gasteiger charge is 2.30. The average Bonchev–Trinajstić information content (AvgIpc) is 2.35. The summed E-state index contributed by atoms with van der Waals surface area (Å²) in [7, 11) is 0. The predicted molar refractivity (Wildman–Crippen MR) is 63.7 cm³/mol. The minimum Gasteiger partial charge on any atom is -0.465 e. The lowest BCUT2D eigenvalue weighted by molar-refractivity contribution is -0.00161. The molecule has 6 heteroatoms. The van der Waals surface area contributed by atoms with Crippen LogP contribution in [0.25, 0.3) is 0 Å². The van der Waals surface area contributed by atoms with Crippen molar-refractivity contribution in [2.45, 2.75) is 32.3 Å². The molecule has 1 amide bonds. The third-order valence-electron chi connectivity index (χ3n) is 2.76. The van der Waals surface area contributed by atoms with Crippen molar-refractivity contribution in [3.63, 3.8) is 0 Å². The Morgan fingerprint density at radius 1 is 1.50 bits per heavy atom. The number of anilines is 1. The Bertz CT molecular complexity index is 511. The zero-order chi connectivity index (χ0) is 13.3. The molecule has 0 saturated heterocycles. The third kappa shape index (κ3) is 2.58. The van der Waals surface area contributed by atoms with E-state index in [9.17, 15) is 9.59 Å². The first-order valence-electron chi connectivity index (χ1n) is 5.61. The molecule has 18 heavy (non-hydrogen) atoms. The summed E-state index contributed by atoms with van der Waals surface area (Å²) in [5.74, 6) is -0.198. The molecule has 1 aromatic heterocycles. The molecule has 0 radical (unpaired) electrons. The van der Waals surface area contributed by atoms with Gasteiger partial charge in [0.2, 0.25) is 0 Å². The number of carbonyl (C=O) groups is 2. The van der Waals surface area contributed by atoms with Crippen molar-refractivity contribution in [2.75, 3.05) is 5.32 Å². The van der Waals surface area contributed by atoms with Crippen molar-refractivity contribution in [1.82, 2.24) is 4.98 Å². The monoisotopic (exact) mass is 250 g/mol. The molecule has 2 rings (SSSR count). The lowest BCUT2D eigenvalue weighted by Crippen LogP contribution is -2.26. The van der Waals surface area contributed by atoms with Gasteiger partial charge in [-0.25, -0.2) is 14.6 Å². The van der Waals surface area contributed by atoms with Gasteiger partial charge in [0, 0.05) is 0 Å². The lowest BCUT2D eigenvalue weighted by Gasteiger charge is -2.21. The number of hydrogen-bond acceptors (Lipinski definition) is 4. The normalized spacial score (nSPS) is 17.3.